The topological polar surface area (TPSA) is 42.8 Å². The first kappa shape index (κ1) is 15.1. The highest BCUT2D eigenvalue weighted by Gasteiger charge is 2.17. The molecular formula is C15H22ClN2O2+. The molecule has 1 saturated heterocycles. The van der Waals surface area contributed by atoms with Gasteiger partial charge in [-0.25, -0.2) is 0 Å². The second-order valence-corrected chi connectivity index (χ2v) is 5.67. The Bertz CT molecular complexity index is 457. The van der Waals surface area contributed by atoms with E-state index in [0.29, 0.717) is 23.0 Å². The smallest absolute Gasteiger partial charge is 0.279 e. The molecule has 2 N–H and O–H groups in total. The Labute approximate surface area is 125 Å². The number of amides is 1. The summed E-state index contributed by atoms with van der Waals surface area (Å²) in [6.45, 7) is 2.68. The third kappa shape index (κ3) is 4.39. The molecule has 1 fully saturated rings. The van der Waals surface area contributed by atoms with E-state index in [1.54, 1.807) is 25.3 Å². The largest absolute Gasteiger partial charge is 0.495 e. The Morgan fingerprint density at radius 1 is 1.30 bits per heavy atom. The third-order valence-electron chi connectivity index (χ3n) is 3.66. The minimum Gasteiger partial charge on any atom is -0.495 e. The van der Waals surface area contributed by atoms with Crippen LogP contribution in [0.2, 0.25) is 5.02 Å². The molecule has 20 heavy (non-hydrogen) atoms. The van der Waals surface area contributed by atoms with Crippen LogP contribution >= 0.6 is 11.6 Å². The van der Waals surface area contributed by atoms with Crippen molar-refractivity contribution in [2.75, 3.05) is 32.1 Å². The molecule has 1 aliphatic rings. The van der Waals surface area contributed by atoms with E-state index in [0.717, 1.165) is 13.1 Å². The van der Waals surface area contributed by atoms with E-state index in [1.807, 2.05) is 0 Å². The number of methoxy groups -OCH3 is 1. The van der Waals surface area contributed by atoms with Gasteiger partial charge in [-0.2, -0.15) is 0 Å². The normalized spacial score (nSPS) is 16.5. The number of nitrogens with one attached hydrogen (secondary N) is 2. The van der Waals surface area contributed by atoms with Gasteiger partial charge in [0.15, 0.2) is 6.54 Å². The van der Waals surface area contributed by atoms with Crippen LogP contribution < -0.4 is 15.0 Å². The van der Waals surface area contributed by atoms with Crippen molar-refractivity contribution in [2.24, 2.45) is 0 Å². The minimum atomic E-state index is 0.0162. The van der Waals surface area contributed by atoms with Gasteiger partial charge >= 0.3 is 0 Å². The fourth-order valence-corrected chi connectivity index (χ4v) is 2.78. The van der Waals surface area contributed by atoms with Crippen LogP contribution in [0, 0.1) is 0 Å². The summed E-state index contributed by atoms with van der Waals surface area (Å²) in [5, 5.41) is 3.49. The molecule has 0 saturated carbocycles. The lowest BCUT2D eigenvalue weighted by atomic mass is 10.2. The maximum Gasteiger partial charge on any atom is 0.279 e. The summed E-state index contributed by atoms with van der Waals surface area (Å²) in [6, 6.07) is 5.23. The van der Waals surface area contributed by atoms with Crippen molar-refractivity contribution in [1.82, 2.24) is 0 Å². The maximum absolute atomic E-state index is 12.1. The number of hydrogen-bond donors (Lipinski definition) is 2. The lowest BCUT2D eigenvalue weighted by molar-refractivity contribution is -0.890. The van der Waals surface area contributed by atoms with E-state index in [1.165, 1.54) is 30.6 Å². The van der Waals surface area contributed by atoms with Crippen molar-refractivity contribution in [3.63, 3.8) is 0 Å². The minimum absolute atomic E-state index is 0.0162. The molecule has 0 aromatic heterocycles. The summed E-state index contributed by atoms with van der Waals surface area (Å²) in [7, 11) is 1.58. The Kier molecular flexibility index (Phi) is 5.68. The van der Waals surface area contributed by atoms with E-state index in [-0.39, 0.29) is 5.91 Å². The Hall–Kier alpha value is -1.26. The van der Waals surface area contributed by atoms with Gasteiger partial charge < -0.3 is 15.0 Å². The van der Waals surface area contributed by atoms with Crippen LogP contribution in [0.25, 0.3) is 0 Å². The van der Waals surface area contributed by atoms with Crippen molar-refractivity contribution in [1.29, 1.82) is 0 Å². The SMILES string of the molecule is COc1ccc(Cl)cc1NC(=O)C[NH+]1CCCCCC1. The number of carbonyl (C=O) groups is 1. The maximum atomic E-state index is 12.1. The van der Waals surface area contributed by atoms with Crippen LogP contribution in [-0.2, 0) is 4.79 Å². The third-order valence-corrected chi connectivity index (χ3v) is 3.89. The summed E-state index contributed by atoms with van der Waals surface area (Å²) >= 11 is 5.96. The van der Waals surface area contributed by atoms with E-state index in [2.05, 4.69) is 5.32 Å². The number of benzene rings is 1. The van der Waals surface area contributed by atoms with Crippen molar-refractivity contribution in [3.05, 3.63) is 23.2 Å². The molecular weight excluding hydrogens is 276 g/mol. The fraction of sp³-hybridized carbons (Fsp3) is 0.533. The molecule has 1 aromatic rings. The van der Waals surface area contributed by atoms with Gasteiger partial charge in [0, 0.05) is 5.02 Å². The highest BCUT2D eigenvalue weighted by molar-refractivity contribution is 6.31. The van der Waals surface area contributed by atoms with Crippen LogP contribution in [0.3, 0.4) is 0 Å². The van der Waals surface area contributed by atoms with Gasteiger partial charge in [-0.3, -0.25) is 4.79 Å². The number of carbonyl (C=O) groups excluding carboxylic acids is 1. The standard InChI is InChI=1S/C15H21ClN2O2/c1-20-14-7-6-12(16)10-13(14)17-15(19)11-18-8-4-2-3-5-9-18/h6-7,10H,2-5,8-9,11H2,1H3,(H,17,19)/p+1. The first-order chi connectivity index (χ1) is 9.69. The van der Waals surface area contributed by atoms with Gasteiger partial charge in [-0.05, 0) is 43.9 Å². The predicted octanol–water partition coefficient (Wildman–Crippen LogP) is 1.75. The summed E-state index contributed by atoms with van der Waals surface area (Å²) in [5.74, 6) is 0.649. The van der Waals surface area contributed by atoms with Gasteiger partial charge in [0.2, 0.25) is 0 Å². The second-order valence-electron chi connectivity index (χ2n) is 5.23. The molecule has 1 amide bonds. The second kappa shape index (κ2) is 7.50. The lowest BCUT2D eigenvalue weighted by Crippen LogP contribution is -3.12. The molecule has 0 bridgehead atoms. The summed E-state index contributed by atoms with van der Waals surface area (Å²) in [6.07, 6.45) is 4.99. The van der Waals surface area contributed by atoms with Gasteiger partial charge in [0.05, 0.1) is 25.9 Å². The zero-order chi connectivity index (χ0) is 14.4. The molecule has 1 heterocycles. The Morgan fingerprint density at radius 3 is 2.65 bits per heavy atom. The number of hydrogen-bond acceptors (Lipinski definition) is 2. The van der Waals surface area contributed by atoms with Gasteiger partial charge in [-0.1, -0.05) is 11.6 Å². The fourth-order valence-electron chi connectivity index (χ4n) is 2.60. The summed E-state index contributed by atoms with van der Waals surface area (Å²) in [5.41, 5.74) is 0.638. The van der Waals surface area contributed by atoms with E-state index in [9.17, 15) is 4.79 Å². The van der Waals surface area contributed by atoms with Crippen molar-refractivity contribution in [2.45, 2.75) is 25.7 Å². The molecule has 0 atom stereocenters. The highest BCUT2D eigenvalue weighted by Crippen LogP contribution is 2.27. The molecule has 1 aromatic carbocycles. The van der Waals surface area contributed by atoms with Crippen LogP contribution in [0.1, 0.15) is 25.7 Å². The van der Waals surface area contributed by atoms with Crippen LogP contribution in [0.15, 0.2) is 18.2 Å². The van der Waals surface area contributed by atoms with Gasteiger partial charge in [0.25, 0.3) is 5.91 Å². The number of halogens is 1. The lowest BCUT2D eigenvalue weighted by Gasteiger charge is -2.17. The molecule has 110 valence electrons. The monoisotopic (exact) mass is 297 g/mol. The number of anilines is 1. The van der Waals surface area contributed by atoms with Gasteiger partial charge in [0.1, 0.15) is 5.75 Å². The number of quaternary nitrogens is 1. The molecule has 0 aliphatic carbocycles. The zero-order valence-electron chi connectivity index (χ0n) is 11.9. The van der Waals surface area contributed by atoms with E-state index < -0.39 is 0 Å². The van der Waals surface area contributed by atoms with Crippen LogP contribution in [-0.4, -0.2) is 32.7 Å². The molecule has 2 rings (SSSR count). The van der Waals surface area contributed by atoms with Gasteiger partial charge in [-0.15, -0.1) is 0 Å². The predicted molar refractivity (Wildman–Crippen MR) is 80.7 cm³/mol. The van der Waals surface area contributed by atoms with E-state index in [4.69, 9.17) is 16.3 Å². The quantitative estimate of drug-likeness (QED) is 0.889. The van der Waals surface area contributed by atoms with Crippen LogP contribution in [0.5, 0.6) is 5.75 Å². The number of rotatable bonds is 4. The van der Waals surface area contributed by atoms with Crippen LogP contribution in [0.4, 0.5) is 5.69 Å². The van der Waals surface area contributed by atoms with E-state index >= 15 is 0 Å². The van der Waals surface area contributed by atoms with Crippen molar-refractivity contribution < 1.29 is 14.4 Å². The molecule has 0 unspecified atom stereocenters. The average Bonchev–Trinajstić information content (AvgIpc) is 2.67. The first-order valence-corrected chi connectivity index (χ1v) is 7.54. The molecule has 4 nitrogen and oxygen atoms in total. The average molecular weight is 298 g/mol. The summed E-state index contributed by atoms with van der Waals surface area (Å²) < 4.78 is 5.23. The highest BCUT2D eigenvalue weighted by atomic mass is 35.5. The molecule has 0 spiro atoms. The molecule has 1 aliphatic heterocycles. The molecule has 5 heteroatoms. The first-order valence-electron chi connectivity index (χ1n) is 7.16. The van der Waals surface area contributed by atoms with Crippen molar-refractivity contribution >= 4 is 23.2 Å². The van der Waals surface area contributed by atoms with Crippen molar-refractivity contribution in [3.8, 4) is 5.75 Å². The summed E-state index contributed by atoms with van der Waals surface area (Å²) in [4.78, 5) is 13.5. The number of ether oxygens (including phenoxy) is 1. The number of likely N-dealkylation sites (tertiary alicyclic amines) is 1. The Balaban J connectivity index is 1.95. The molecule has 0 radical (unpaired) electrons. The Morgan fingerprint density at radius 2 is 2.00 bits per heavy atom. The zero-order valence-corrected chi connectivity index (χ0v) is 12.6.